The molecule has 0 aliphatic carbocycles. The van der Waals surface area contributed by atoms with Crippen molar-refractivity contribution in [3.05, 3.63) is 58.4 Å². The van der Waals surface area contributed by atoms with Gasteiger partial charge in [0.1, 0.15) is 55.2 Å². The van der Waals surface area contributed by atoms with Gasteiger partial charge in [0.25, 0.3) is 0 Å². The van der Waals surface area contributed by atoms with Crippen molar-refractivity contribution in [2.75, 3.05) is 20.2 Å². The number of quaternary nitrogens is 1. The van der Waals surface area contributed by atoms with Gasteiger partial charge in [-0.3, -0.25) is 4.79 Å². The third-order valence-electron chi connectivity index (χ3n) is 5.46. The topological polar surface area (TPSA) is 73.3 Å². The minimum Gasteiger partial charge on any atom is -0.507 e. The first-order valence-electron chi connectivity index (χ1n) is 9.86. The Morgan fingerprint density at radius 2 is 1.83 bits per heavy atom. The Labute approximate surface area is 169 Å². The van der Waals surface area contributed by atoms with Gasteiger partial charge in [0, 0.05) is 5.56 Å². The smallest absolute Gasteiger partial charge is 0.200 e. The van der Waals surface area contributed by atoms with Crippen LogP contribution in [0.2, 0.25) is 0 Å². The molecule has 0 saturated carbocycles. The van der Waals surface area contributed by atoms with Crippen molar-refractivity contribution >= 4 is 11.0 Å². The molecule has 29 heavy (non-hydrogen) atoms. The SMILES string of the molecule is COc1ccccc1-c1coc2c(C[NH+]3C[C@@H](C)O[C@@H](C)C3)c(O)ccc2c1=O. The number of morpholine rings is 1. The van der Waals surface area contributed by atoms with Crippen LogP contribution in [0, 0.1) is 0 Å². The number of nitrogens with one attached hydrogen (secondary N) is 1. The molecule has 4 rings (SSSR count). The second-order valence-electron chi connectivity index (χ2n) is 7.71. The molecule has 1 fully saturated rings. The second kappa shape index (κ2) is 7.89. The summed E-state index contributed by atoms with van der Waals surface area (Å²) in [5, 5.41) is 11.0. The molecule has 1 unspecified atom stereocenters. The molecule has 2 N–H and O–H groups in total. The number of aromatic hydroxyl groups is 1. The van der Waals surface area contributed by atoms with Gasteiger partial charge in [-0.2, -0.15) is 0 Å². The zero-order chi connectivity index (χ0) is 20.5. The van der Waals surface area contributed by atoms with Crippen molar-refractivity contribution in [1.29, 1.82) is 0 Å². The van der Waals surface area contributed by atoms with Crippen LogP contribution in [0.4, 0.5) is 0 Å². The van der Waals surface area contributed by atoms with Crippen LogP contribution in [0.5, 0.6) is 11.5 Å². The quantitative estimate of drug-likeness (QED) is 0.708. The van der Waals surface area contributed by atoms with E-state index in [-0.39, 0.29) is 23.4 Å². The average molecular weight is 396 g/mol. The van der Waals surface area contributed by atoms with Gasteiger partial charge in [0.2, 0.25) is 5.43 Å². The lowest BCUT2D eigenvalue weighted by Crippen LogP contribution is -3.14. The van der Waals surface area contributed by atoms with Crippen LogP contribution >= 0.6 is 0 Å². The Kier molecular flexibility index (Phi) is 5.30. The van der Waals surface area contributed by atoms with Crippen LogP contribution in [0.25, 0.3) is 22.1 Å². The maximum Gasteiger partial charge on any atom is 0.200 e. The number of phenolic OH excluding ortho intramolecular Hbond substituents is 1. The van der Waals surface area contributed by atoms with Crippen molar-refractivity contribution < 1.29 is 23.9 Å². The summed E-state index contributed by atoms with van der Waals surface area (Å²) in [6, 6.07) is 10.6. The van der Waals surface area contributed by atoms with Crippen LogP contribution in [0.15, 0.2) is 51.9 Å². The summed E-state index contributed by atoms with van der Waals surface area (Å²) in [5.41, 5.74) is 2.07. The van der Waals surface area contributed by atoms with Crippen LogP contribution in [-0.4, -0.2) is 37.5 Å². The molecule has 0 amide bonds. The fraction of sp³-hybridized carbons (Fsp3) is 0.348. The number of hydrogen-bond acceptors (Lipinski definition) is 5. The fourth-order valence-corrected chi connectivity index (χ4v) is 4.25. The highest BCUT2D eigenvalue weighted by atomic mass is 16.5. The van der Waals surface area contributed by atoms with Crippen LogP contribution in [0.1, 0.15) is 19.4 Å². The van der Waals surface area contributed by atoms with E-state index in [1.54, 1.807) is 19.2 Å². The highest BCUT2D eigenvalue weighted by Crippen LogP contribution is 2.31. The molecule has 1 aliphatic rings. The number of phenols is 1. The Morgan fingerprint density at radius 1 is 1.10 bits per heavy atom. The molecule has 3 atom stereocenters. The Hall–Kier alpha value is -2.83. The monoisotopic (exact) mass is 396 g/mol. The molecule has 6 nitrogen and oxygen atoms in total. The molecule has 1 aromatic heterocycles. The number of benzene rings is 2. The van der Waals surface area contributed by atoms with E-state index in [1.165, 1.54) is 11.2 Å². The summed E-state index contributed by atoms with van der Waals surface area (Å²) < 4.78 is 17.1. The average Bonchev–Trinajstić information content (AvgIpc) is 2.70. The normalized spacial score (nSPS) is 22.0. The maximum absolute atomic E-state index is 13.2. The summed E-state index contributed by atoms with van der Waals surface area (Å²) in [6.45, 7) is 6.35. The number of hydrogen-bond donors (Lipinski definition) is 2. The summed E-state index contributed by atoms with van der Waals surface area (Å²) >= 11 is 0. The van der Waals surface area contributed by atoms with Gasteiger partial charge in [0.15, 0.2) is 0 Å². The Balaban J connectivity index is 1.79. The van der Waals surface area contributed by atoms with Gasteiger partial charge in [0.05, 0.1) is 23.6 Å². The van der Waals surface area contributed by atoms with Crippen molar-refractivity contribution in [1.82, 2.24) is 0 Å². The van der Waals surface area contributed by atoms with E-state index in [2.05, 4.69) is 13.8 Å². The first-order valence-corrected chi connectivity index (χ1v) is 9.86. The highest BCUT2D eigenvalue weighted by Gasteiger charge is 2.28. The van der Waals surface area contributed by atoms with Gasteiger partial charge < -0.3 is 23.9 Å². The van der Waals surface area contributed by atoms with Crippen molar-refractivity contribution in [2.45, 2.75) is 32.6 Å². The van der Waals surface area contributed by atoms with E-state index < -0.39 is 0 Å². The summed E-state index contributed by atoms with van der Waals surface area (Å²) in [5.74, 6) is 0.754. The third-order valence-corrected chi connectivity index (χ3v) is 5.46. The van der Waals surface area contributed by atoms with Crippen molar-refractivity contribution in [3.8, 4) is 22.6 Å². The Morgan fingerprint density at radius 3 is 2.55 bits per heavy atom. The summed E-state index contributed by atoms with van der Waals surface area (Å²) in [4.78, 5) is 14.5. The summed E-state index contributed by atoms with van der Waals surface area (Å²) in [7, 11) is 1.57. The molecular formula is C23H26NO5+. The third kappa shape index (κ3) is 3.73. The van der Waals surface area contributed by atoms with Crippen LogP contribution < -0.4 is 15.1 Å². The molecule has 1 aliphatic heterocycles. The van der Waals surface area contributed by atoms with E-state index in [0.29, 0.717) is 40.0 Å². The number of fused-ring (bicyclic) bond motifs is 1. The van der Waals surface area contributed by atoms with Crippen LogP contribution in [0.3, 0.4) is 0 Å². The molecule has 2 aromatic carbocycles. The molecule has 0 bridgehead atoms. The highest BCUT2D eigenvalue weighted by molar-refractivity contribution is 5.86. The van der Waals surface area contributed by atoms with Crippen molar-refractivity contribution in [3.63, 3.8) is 0 Å². The van der Waals surface area contributed by atoms with E-state index in [4.69, 9.17) is 13.9 Å². The molecular weight excluding hydrogens is 370 g/mol. The minimum absolute atomic E-state index is 0.143. The molecule has 3 aromatic rings. The minimum atomic E-state index is -0.143. The fourth-order valence-electron chi connectivity index (χ4n) is 4.25. The van der Waals surface area contributed by atoms with E-state index in [1.807, 2.05) is 24.3 Å². The predicted octanol–water partition coefficient (Wildman–Crippen LogP) is 2.37. The lowest BCUT2D eigenvalue weighted by Gasteiger charge is -2.32. The first kappa shape index (κ1) is 19.5. The van der Waals surface area contributed by atoms with Gasteiger partial charge >= 0.3 is 0 Å². The summed E-state index contributed by atoms with van der Waals surface area (Å²) in [6.07, 6.45) is 1.76. The van der Waals surface area contributed by atoms with Gasteiger partial charge in [-0.1, -0.05) is 18.2 Å². The van der Waals surface area contributed by atoms with Gasteiger partial charge in [-0.15, -0.1) is 0 Å². The lowest BCUT2D eigenvalue weighted by atomic mass is 10.0. The van der Waals surface area contributed by atoms with E-state index >= 15 is 0 Å². The van der Waals surface area contributed by atoms with Crippen LogP contribution in [-0.2, 0) is 11.3 Å². The Bertz CT molecular complexity index is 1080. The second-order valence-corrected chi connectivity index (χ2v) is 7.71. The molecule has 0 radical (unpaired) electrons. The number of methoxy groups -OCH3 is 1. The molecule has 1 saturated heterocycles. The molecule has 152 valence electrons. The van der Waals surface area contributed by atoms with Gasteiger partial charge in [-0.25, -0.2) is 0 Å². The van der Waals surface area contributed by atoms with Gasteiger partial charge in [-0.05, 0) is 32.0 Å². The zero-order valence-corrected chi connectivity index (χ0v) is 16.9. The van der Waals surface area contributed by atoms with E-state index in [9.17, 15) is 9.90 Å². The molecule has 0 spiro atoms. The largest absolute Gasteiger partial charge is 0.507 e. The lowest BCUT2D eigenvalue weighted by molar-refractivity contribution is -0.928. The number of rotatable bonds is 4. The maximum atomic E-state index is 13.2. The van der Waals surface area contributed by atoms with Crippen molar-refractivity contribution in [2.24, 2.45) is 0 Å². The van der Waals surface area contributed by atoms with E-state index in [0.717, 1.165) is 13.1 Å². The molecule has 2 heterocycles. The molecule has 6 heteroatoms. The standard InChI is InChI=1S/C23H25NO5/c1-14-10-24(11-15(2)29-14)12-18-20(25)9-8-17-22(26)19(13-28-23(17)18)16-6-4-5-7-21(16)27-3/h4-9,13-15,25H,10-12H2,1-3H3/p+1/t14-,15+. The zero-order valence-electron chi connectivity index (χ0n) is 16.9. The first-order chi connectivity index (χ1) is 14.0. The number of ether oxygens (including phenoxy) is 2. The predicted molar refractivity (Wildman–Crippen MR) is 111 cm³/mol. The number of para-hydroxylation sites is 1.